The molecule has 1 aromatic heterocycles. The molecule has 0 aromatic carbocycles. The van der Waals surface area contributed by atoms with Crippen LogP contribution in [0, 0.1) is 0 Å². The minimum absolute atomic E-state index is 0. The highest BCUT2D eigenvalue weighted by Crippen LogP contribution is 2.04. The average molecular weight is 163 g/mol. The normalized spacial score (nSPS) is 8.50. The summed E-state index contributed by atoms with van der Waals surface area (Å²) in [4.78, 5) is 0. The van der Waals surface area contributed by atoms with E-state index in [2.05, 4.69) is 5.32 Å². The van der Waals surface area contributed by atoms with E-state index >= 15 is 0 Å². The Balaban J connectivity index is 0.000000810. The summed E-state index contributed by atoms with van der Waals surface area (Å²) >= 11 is 0. The second kappa shape index (κ2) is 5.14. The third kappa shape index (κ3) is 2.75. The summed E-state index contributed by atoms with van der Waals surface area (Å²) in [6.45, 7) is 1.38. The van der Waals surface area contributed by atoms with Crippen molar-refractivity contribution in [3.8, 4) is 0 Å². The van der Waals surface area contributed by atoms with Crippen LogP contribution >= 0.6 is 12.4 Å². The molecule has 4 heteroatoms. The molecule has 0 saturated heterocycles. The molecule has 10 heavy (non-hydrogen) atoms. The number of hydrogen-bond donors (Lipinski definition) is 2. The molecule has 0 aliphatic heterocycles. The SMILES string of the molecule is Cl.NCCNc1ccco1. The van der Waals surface area contributed by atoms with Crippen molar-refractivity contribution in [2.24, 2.45) is 5.73 Å². The topological polar surface area (TPSA) is 51.2 Å². The fraction of sp³-hybridized carbons (Fsp3) is 0.333. The largest absolute Gasteiger partial charge is 0.449 e. The van der Waals surface area contributed by atoms with Crippen molar-refractivity contribution < 1.29 is 4.42 Å². The molecule has 0 radical (unpaired) electrons. The Labute approximate surface area is 66.0 Å². The van der Waals surface area contributed by atoms with Gasteiger partial charge in [-0.1, -0.05) is 0 Å². The second-order valence-electron chi connectivity index (χ2n) is 1.69. The number of anilines is 1. The minimum Gasteiger partial charge on any atom is -0.449 e. The van der Waals surface area contributed by atoms with Gasteiger partial charge < -0.3 is 15.5 Å². The van der Waals surface area contributed by atoms with Gasteiger partial charge >= 0.3 is 0 Å². The van der Waals surface area contributed by atoms with Crippen LogP contribution in [0.25, 0.3) is 0 Å². The van der Waals surface area contributed by atoms with E-state index in [9.17, 15) is 0 Å². The summed E-state index contributed by atoms with van der Waals surface area (Å²) in [6.07, 6.45) is 1.62. The molecule has 0 amide bonds. The number of furan rings is 1. The van der Waals surface area contributed by atoms with Crippen LogP contribution in [0.3, 0.4) is 0 Å². The van der Waals surface area contributed by atoms with Crippen molar-refractivity contribution in [1.29, 1.82) is 0 Å². The molecule has 3 N–H and O–H groups in total. The van der Waals surface area contributed by atoms with Crippen LogP contribution in [0.5, 0.6) is 0 Å². The lowest BCUT2D eigenvalue weighted by Crippen LogP contribution is -2.12. The van der Waals surface area contributed by atoms with Crippen LogP contribution in [0.15, 0.2) is 22.8 Å². The molecule has 1 rings (SSSR count). The fourth-order valence-corrected chi connectivity index (χ4v) is 0.575. The molecular formula is C6H11ClN2O. The first-order valence-electron chi connectivity index (χ1n) is 2.91. The molecule has 0 atom stereocenters. The maximum absolute atomic E-state index is 5.24. The van der Waals surface area contributed by atoms with Crippen molar-refractivity contribution in [3.05, 3.63) is 18.4 Å². The van der Waals surface area contributed by atoms with Crippen LogP contribution < -0.4 is 11.1 Å². The van der Waals surface area contributed by atoms with Crippen LogP contribution in [0.1, 0.15) is 0 Å². The molecule has 0 aliphatic rings. The minimum atomic E-state index is 0. The highest BCUT2D eigenvalue weighted by molar-refractivity contribution is 5.85. The molecular weight excluding hydrogens is 152 g/mol. The van der Waals surface area contributed by atoms with Crippen molar-refractivity contribution in [1.82, 2.24) is 0 Å². The first kappa shape index (κ1) is 9.33. The predicted octanol–water partition coefficient (Wildman–Crippen LogP) is 1.07. The van der Waals surface area contributed by atoms with E-state index in [1.54, 1.807) is 6.26 Å². The molecule has 0 saturated carbocycles. The highest BCUT2D eigenvalue weighted by Gasteiger charge is 1.88. The lowest BCUT2D eigenvalue weighted by molar-refractivity contribution is 0.579. The first-order valence-corrected chi connectivity index (χ1v) is 2.91. The zero-order chi connectivity index (χ0) is 6.53. The lowest BCUT2D eigenvalue weighted by Gasteiger charge is -1.96. The van der Waals surface area contributed by atoms with Gasteiger partial charge in [-0.25, -0.2) is 0 Å². The standard InChI is InChI=1S/C6H10N2O.ClH/c7-3-4-8-6-2-1-5-9-6;/h1-2,5,8H,3-4,7H2;1H. The van der Waals surface area contributed by atoms with Gasteiger partial charge in [0.2, 0.25) is 0 Å². The summed E-state index contributed by atoms with van der Waals surface area (Å²) in [6, 6.07) is 3.69. The van der Waals surface area contributed by atoms with Crippen molar-refractivity contribution >= 4 is 18.3 Å². The van der Waals surface area contributed by atoms with E-state index in [4.69, 9.17) is 10.2 Å². The Bertz CT molecular complexity index is 153. The smallest absolute Gasteiger partial charge is 0.192 e. The van der Waals surface area contributed by atoms with Gasteiger partial charge in [-0.2, -0.15) is 0 Å². The van der Waals surface area contributed by atoms with Crippen LogP contribution in [0.4, 0.5) is 5.88 Å². The number of rotatable bonds is 3. The van der Waals surface area contributed by atoms with E-state index in [-0.39, 0.29) is 12.4 Å². The quantitative estimate of drug-likeness (QED) is 0.699. The Hall–Kier alpha value is -0.670. The van der Waals surface area contributed by atoms with Gasteiger partial charge in [-0.05, 0) is 6.07 Å². The van der Waals surface area contributed by atoms with Crippen LogP contribution in [-0.4, -0.2) is 13.1 Å². The van der Waals surface area contributed by atoms with Crippen LogP contribution in [-0.2, 0) is 0 Å². The van der Waals surface area contributed by atoms with Crippen molar-refractivity contribution in [2.45, 2.75) is 0 Å². The molecule has 3 nitrogen and oxygen atoms in total. The monoisotopic (exact) mass is 162 g/mol. The van der Waals surface area contributed by atoms with Crippen LogP contribution in [0.2, 0.25) is 0 Å². The molecule has 1 aromatic rings. The number of halogens is 1. The van der Waals surface area contributed by atoms with E-state index in [0.29, 0.717) is 6.54 Å². The molecule has 0 fully saturated rings. The number of hydrogen-bond acceptors (Lipinski definition) is 3. The summed E-state index contributed by atoms with van der Waals surface area (Å²) in [7, 11) is 0. The maximum Gasteiger partial charge on any atom is 0.192 e. The Morgan fingerprint density at radius 3 is 2.90 bits per heavy atom. The molecule has 0 unspecified atom stereocenters. The maximum atomic E-state index is 5.24. The van der Waals surface area contributed by atoms with E-state index < -0.39 is 0 Å². The van der Waals surface area contributed by atoms with Crippen molar-refractivity contribution in [2.75, 3.05) is 18.4 Å². The van der Waals surface area contributed by atoms with Gasteiger partial charge in [0.15, 0.2) is 5.88 Å². The highest BCUT2D eigenvalue weighted by atomic mass is 35.5. The van der Waals surface area contributed by atoms with Gasteiger partial charge in [0.25, 0.3) is 0 Å². The number of nitrogens with one attached hydrogen (secondary N) is 1. The molecule has 0 bridgehead atoms. The number of nitrogens with two attached hydrogens (primary N) is 1. The van der Waals surface area contributed by atoms with E-state index in [1.807, 2.05) is 12.1 Å². The third-order valence-corrected chi connectivity index (χ3v) is 0.965. The first-order chi connectivity index (χ1) is 4.43. The Morgan fingerprint density at radius 2 is 2.40 bits per heavy atom. The van der Waals surface area contributed by atoms with Crippen molar-refractivity contribution in [3.63, 3.8) is 0 Å². The zero-order valence-corrected chi connectivity index (χ0v) is 6.36. The average Bonchev–Trinajstić information content (AvgIpc) is 2.34. The van der Waals surface area contributed by atoms with Gasteiger partial charge in [0.1, 0.15) is 0 Å². The second-order valence-corrected chi connectivity index (χ2v) is 1.69. The predicted molar refractivity (Wildman–Crippen MR) is 43.5 cm³/mol. The van der Waals surface area contributed by atoms with Gasteiger partial charge in [-0.3, -0.25) is 0 Å². The molecule has 58 valence electrons. The molecule has 1 heterocycles. The Kier molecular flexibility index (Phi) is 4.80. The zero-order valence-electron chi connectivity index (χ0n) is 5.54. The third-order valence-electron chi connectivity index (χ3n) is 0.965. The fourth-order valence-electron chi connectivity index (χ4n) is 0.575. The molecule has 0 spiro atoms. The summed E-state index contributed by atoms with van der Waals surface area (Å²) in [5.41, 5.74) is 5.24. The molecule has 0 aliphatic carbocycles. The van der Waals surface area contributed by atoms with E-state index in [0.717, 1.165) is 12.4 Å². The lowest BCUT2D eigenvalue weighted by atomic mass is 10.6. The van der Waals surface area contributed by atoms with E-state index in [1.165, 1.54) is 0 Å². The van der Waals surface area contributed by atoms with Gasteiger partial charge in [0, 0.05) is 19.2 Å². The summed E-state index contributed by atoms with van der Waals surface area (Å²) < 4.78 is 4.97. The van der Waals surface area contributed by atoms with Gasteiger partial charge in [-0.15, -0.1) is 12.4 Å². The van der Waals surface area contributed by atoms with Gasteiger partial charge in [0.05, 0.1) is 6.26 Å². The summed E-state index contributed by atoms with van der Waals surface area (Å²) in [5, 5.41) is 2.98. The summed E-state index contributed by atoms with van der Waals surface area (Å²) in [5.74, 6) is 0.778. The Morgan fingerprint density at radius 1 is 1.60 bits per heavy atom.